The summed E-state index contributed by atoms with van der Waals surface area (Å²) in [5.74, 6) is 0.224. The number of carbonyl (C=O) groups excluding carboxylic acids is 1. The zero-order valence-electron chi connectivity index (χ0n) is 16.1. The summed E-state index contributed by atoms with van der Waals surface area (Å²) in [5, 5.41) is 5.59. The van der Waals surface area contributed by atoms with Crippen molar-refractivity contribution in [3.8, 4) is 11.5 Å². The van der Waals surface area contributed by atoms with E-state index in [1.807, 2.05) is 13.0 Å². The van der Waals surface area contributed by atoms with Crippen molar-refractivity contribution in [2.24, 2.45) is 5.92 Å². The maximum atomic E-state index is 14.2. The van der Waals surface area contributed by atoms with Crippen molar-refractivity contribution in [1.29, 1.82) is 0 Å². The number of benzene rings is 2. The molecule has 2 atom stereocenters. The number of methoxy groups -OCH3 is 2. The first kappa shape index (κ1) is 19.9. The molecule has 0 aliphatic heterocycles. The molecule has 0 heterocycles. The molecule has 1 saturated carbocycles. The predicted octanol–water partition coefficient (Wildman–Crippen LogP) is 3.76. The van der Waals surface area contributed by atoms with Gasteiger partial charge in [-0.25, -0.2) is 13.6 Å². The van der Waals surface area contributed by atoms with Crippen LogP contribution in [0.25, 0.3) is 0 Å². The van der Waals surface area contributed by atoms with E-state index < -0.39 is 17.0 Å². The minimum Gasteiger partial charge on any atom is -0.493 e. The van der Waals surface area contributed by atoms with Crippen LogP contribution in [0.5, 0.6) is 11.5 Å². The van der Waals surface area contributed by atoms with Gasteiger partial charge < -0.3 is 20.1 Å². The molecule has 7 heteroatoms. The number of amides is 2. The molecule has 2 N–H and O–H groups in total. The third kappa shape index (κ3) is 4.03. The molecule has 2 aromatic rings. The highest BCUT2D eigenvalue weighted by Gasteiger charge is 2.53. The van der Waals surface area contributed by atoms with Gasteiger partial charge in [-0.15, -0.1) is 0 Å². The molecule has 0 aromatic heterocycles. The average Bonchev–Trinajstić information content (AvgIpc) is 3.34. The molecule has 5 nitrogen and oxygen atoms in total. The first-order chi connectivity index (χ1) is 13.4. The lowest BCUT2D eigenvalue weighted by atomic mass is 9.93. The van der Waals surface area contributed by atoms with Gasteiger partial charge >= 0.3 is 6.03 Å². The number of urea groups is 1. The van der Waals surface area contributed by atoms with E-state index in [0.29, 0.717) is 23.6 Å². The lowest BCUT2D eigenvalue weighted by Gasteiger charge is -2.19. The van der Waals surface area contributed by atoms with Gasteiger partial charge in [-0.2, -0.15) is 0 Å². The van der Waals surface area contributed by atoms with Crippen molar-refractivity contribution in [1.82, 2.24) is 10.6 Å². The number of ether oxygens (including phenoxy) is 2. The van der Waals surface area contributed by atoms with Gasteiger partial charge in [-0.1, -0.05) is 19.1 Å². The minimum atomic E-state index is -0.606. The zero-order valence-corrected chi connectivity index (χ0v) is 16.1. The highest BCUT2D eigenvalue weighted by Crippen LogP contribution is 2.54. The van der Waals surface area contributed by atoms with Crippen LogP contribution in [-0.4, -0.2) is 26.8 Å². The topological polar surface area (TPSA) is 59.6 Å². The summed E-state index contributed by atoms with van der Waals surface area (Å²) < 4.78 is 37.8. The second-order valence-electron chi connectivity index (χ2n) is 7.11. The van der Waals surface area contributed by atoms with E-state index in [1.165, 1.54) is 12.1 Å². The van der Waals surface area contributed by atoms with Crippen LogP contribution in [0, 0.1) is 17.6 Å². The molecule has 2 amide bonds. The Morgan fingerprint density at radius 3 is 2.43 bits per heavy atom. The summed E-state index contributed by atoms with van der Waals surface area (Å²) in [7, 11) is 3.11. The normalized spacial score (nSPS) is 20.4. The number of carbonyl (C=O) groups is 1. The minimum absolute atomic E-state index is 0.207. The molecule has 1 aliphatic rings. The van der Waals surface area contributed by atoms with Gasteiger partial charge in [0, 0.05) is 24.6 Å². The smallest absolute Gasteiger partial charge is 0.315 e. The van der Waals surface area contributed by atoms with Gasteiger partial charge in [-0.05, 0) is 41.7 Å². The van der Waals surface area contributed by atoms with E-state index in [1.54, 1.807) is 26.4 Å². The van der Waals surface area contributed by atoms with Crippen LogP contribution in [0.1, 0.15) is 24.5 Å². The monoisotopic (exact) mass is 390 g/mol. The van der Waals surface area contributed by atoms with Crippen LogP contribution in [0.3, 0.4) is 0 Å². The molecule has 1 fully saturated rings. The first-order valence-electron chi connectivity index (χ1n) is 9.07. The van der Waals surface area contributed by atoms with Gasteiger partial charge in [0.2, 0.25) is 0 Å². The van der Waals surface area contributed by atoms with Gasteiger partial charge in [0.05, 0.1) is 14.2 Å². The quantitative estimate of drug-likeness (QED) is 0.757. The van der Waals surface area contributed by atoms with E-state index in [-0.39, 0.29) is 18.5 Å². The third-order valence-electron chi connectivity index (χ3n) is 5.39. The Hall–Kier alpha value is -2.83. The maximum Gasteiger partial charge on any atom is 0.315 e. The van der Waals surface area contributed by atoms with Crippen LogP contribution in [0.4, 0.5) is 13.6 Å². The Balaban J connectivity index is 1.58. The standard InChI is InChI=1S/C21H24F2N2O3/c1-13-10-21(13,16-6-5-15(22)9-17(16)23)12-25-20(26)24-11-14-4-7-18(27-2)19(8-14)28-3/h4-9,13H,10-12H2,1-3H3,(H2,24,25,26). The molecule has 0 saturated heterocycles. The van der Waals surface area contributed by atoms with Gasteiger partial charge in [0.1, 0.15) is 11.6 Å². The Kier molecular flexibility index (Phi) is 5.72. The van der Waals surface area contributed by atoms with E-state index in [4.69, 9.17) is 9.47 Å². The van der Waals surface area contributed by atoms with E-state index in [9.17, 15) is 13.6 Å². The molecule has 28 heavy (non-hydrogen) atoms. The zero-order chi connectivity index (χ0) is 20.3. The fourth-order valence-electron chi connectivity index (χ4n) is 3.57. The maximum absolute atomic E-state index is 14.2. The number of nitrogens with one attached hydrogen (secondary N) is 2. The highest BCUT2D eigenvalue weighted by atomic mass is 19.1. The van der Waals surface area contributed by atoms with Crippen LogP contribution < -0.4 is 20.1 Å². The first-order valence-corrected chi connectivity index (χ1v) is 9.07. The molecule has 2 aromatic carbocycles. The number of hydrogen-bond acceptors (Lipinski definition) is 3. The number of hydrogen-bond donors (Lipinski definition) is 2. The lowest BCUT2D eigenvalue weighted by molar-refractivity contribution is 0.239. The fraction of sp³-hybridized carbons (Fsp3) is 0.381. The largest absolute Gasteiger partial charge is 0.493 e. The van der Waals surface area contributed by atoms with E-state index in [2.05, 4.69) is 10.6 Å². The number of halogens is 2. The second-order valence-corrected chi connectivity index (χ2v) is 7.11. The van der Waals surface area contributed by atoms with Crippen LogP contribution in [-0.2, 0) is 12.0 Å². The molecule has 1 aliphatic carbocycles. The molecule has 0 bridgehead atoms. The molecular weight excluding hydrogens is 366 g/mol. The Bertz CT molecular complexity index is 875. The molecular formula is C21H24F2N2O3. The highest BCUT2D eigenvalue weighted by molar-refractivity contribution is 5.74. The van der Waals surface area contributed by atoms with E-state index in [0.717, 1.165) is 18.1 Å². The van der Waals surface area contributed by atoms with Crippen molar-refractivity contribution in [3.05, 3.63) is 59.2 Å². The van der Waals surface area contributed by atoms with Crippen molar-refractivity contribution in [2.45, 2.75) is 25.3 Å². The third-order valence-corrected chi connectivity index (χ3v) is 5.39. The van der Waals surface area contributed by atoms with Gasteiger partial charge in [-0.3, -0.25) is 0 Å². The van der Waals surface area contributed by atoms with Crippen LogP contribution in [0.15, 0.2) is 36.4 Å². The Labute approximate surface area is 163 Å². The summed E-state index contributed by atoms with van der Waals surface area (Å²) in [6, 6.07) is 8.65. The van der Waals surface area contributed by atoms with E-state index >= 15 is 0 Å². The summed E-state index contributed by atoms with van der Waals surface area (Å²) >= 11 is 0. The van der Waals surface area contributed by atoms with Gasteiger partial charge in [0.25, 0.3) is 0 Å². The number of rotatable bonds is 7. The Morgan fingerprint density at radius 2 is 1.82 bits per heavy atom. The molecule has 3 rings (SSSR count). The lowest BCUT2D eigenvalue weighted by Crippen LogP contribution is -2.40. The summed E-state index contributed by atoms with van der Waals surface area (Å²) in [6.07, 6.45) is 0.742. The molecule has 0 radical (unpaired) electrons. The van der Waals surface area contributed by atoms with Crippen molar-refractivity contribution in [2.75, 3.05) is 20.8 Å². The van der Waals surface area contributed by atoms with Gasteiger partial charge in [0.15, 0.2) is 11.5 Å². The Morgan fingerprint density at radius 1 is 1.11 bits per heavy atom. The molecule has 150 valence electrons. The summed E-state index contributed by atoms with van der Waals surface area (Å²) in [6.45, 7) is 2.58. The van der Waals surface area contributed by atoms with Crippen LogP contribution in [0.2, 0.25) is 0 Å². The predicted molar refractivity (Wildman–Crippen MR) is 102 cm³/mol. The van der Waals surface area contributed by atoms with Crippen molar-refractivity contribution in [3.63, 3.8) is 0 Å². The van der Waals surface area contributed by atoms with Crippen molar-refractivity contribution >= 4 is 6.03 Å². The second kappa shape index (κ2) is 8.04. The SMILES string of the molecule is COc1ccc(CNC(=O)NCC2(c3ccc(F)cc3F)CC2C)cc1OC. The fourth-order valence-corrected chi connectivity index (χ4v) is 3.57. The average molecular weight is 390 g/mol. The van der Waals surface area contributed by atoms with Crippen LogP contribution >= 0.6 is 0 Å². The molecule has 2 unspecified atom stereocenters. The summed E-state index contributed by atoms with van der Waals surface area (Å²) in [4.78, 5) is 12.2. The van der Waals surface area contributed by atoms with Crippen molar-refractivity contribution < 1.29 is 23.0 Å². The summed E-state index contributed by atoms with van der Waals surface area (Å²) in [5.41, 5.74) is 0.812. The molecule has 0 spiro atoms.